The summed E-state index contributed by atoms with van der Waals surface area (Å²) in [5, 5.41) is 37.4. The predicted molar refractivity (Wildman–Crippen MR) is 518 cm³/mol. The van der Waals surface area contributed by atoms with Gasteiger partial charge in [-0.25, -0.2) is 0 Å². The van der Waals surface area contributed by atoms with Crippen LogP contribution in [0.5, 0.6) is 0 Å². The van der Waals surface area contributed by atoms with Crippen molar-refractivity contribution < 1.29 is 0 Å². The summed E-state index contributed by atoms with van der Waals surface area (Å²) < 4.78 is 7.14. The SMILES string of the molecule is Cc1cc2c3ccccc3n(-c3ccccc3)c2c2ccccc12.Cc1ccc2c(ccc3ccccc32)c1.Cc1ccc2c3ccccc3c3ccccc3c2c1.Cc1ccc2ccc3ccccc3c2c1.Cc1cccc2c3ccccc3c3ccccc3c12.Cn1c2ccccc2c2ccc3c4ccccc4n(-c4ccccc4)c3c21. The highest BCUT2D eigenvalue weighted by Crippen LogP contribution is 2.43. The number of benzene rings is 22. The van der Waals surface area contributed by atoms with Gasteiger partial charge in [-0.3, -0.25) is 0 Å². The van der Waals surface area contributed by atoms with E-state index in [9.17, 15) is 0 Å². The molecule has 3 heterocycles. The van der Waals surface area contributed by atoms with Crippen LogP contribution in [-0.2, 0) is 7.05 Å². The van der Waals surface area contributed by atoms with E-state index in [-0.39, 0.29) is 0 Å². The molecule has 119 heavy (non-hydrogen) atoms. The Bertz CT molecular complexity index is 8100. The van der Waals surface area contributed by atoms with E-state index in [1.54, 1.807) is 0 Å². The van der Waals surface area contributed by atoms with E-state index < -0.39 is 0 Å². The van der Waals surface area contributed by atoms with E-state index >= 15 is 0 Å². The van der Waals surface area contributed by atoms with Crippen molar-refractivity contribution in [3.8, 4) is 11.4 Å². The summed E-state index contributed by atoms with van der Waals surface area (Å²) >= 11 is 0. The van der Waals surface area contributed by atoms with Gasteiger partial charge in [-0.05, 0) is 207 Å². The van der Waals surface area contributed by atoms with Crippen molar-refractivity contribution in [3.63, 3.8) is 0 Å². The second-order valence-corrected chi connectivity index (χ2v) is 31.7. The molecular formula is C116H87N3. The van der Waals surface area contributed by atoms with Gasteiger partial charge in [0.1, 0.15) is 0 Å². The van der Waals surface area contributed by atoms with Crippen molar-refractivity contribution in [2.24, 2.45) is 7.05 Å². The van der Waals surface area contributed by atoms with Gasteiger partial charge in [0.25, 0.3) is 0 Å². The summed E-state index contributed by atoms with van der Waals surface area (Å²) in [5.74, 6) is 0. The zero-order valence-corrected chi connectivity index (χ0v) is 67.7. The lowest BCUT2D eigenvalue weighted by molar-refractivity contribution is 1.01. The van der Waals surface area contributed by atoms with Gasteiger partial charge in [0.05, 0.1) is 27.6 Å². The molecule has 0 aliphatic carbocycles. The van der Waals surface area contributed by atoms with Gasteiger partial charge in [-0.15, -0.1) is 0 Å². The maximum atomic E-state index is 2.41. The Morgan fingerprint density at radius 3 is 1.02 bits per heavy atom. The molecule has 22 aromatic carbocycles. The van der Waals surface area contributed by atoms with Gasteiger partial charge in [-0.1, -0.05) is 387 Å². The molecule has 3 nitrogen and oxygen atoms in total. The van der Waals surface area contributed by atoms with E-state index in [4.69, 9.17) is 0 Å². The van der Waals surface area contributed by atoms with Crippen LogP contribution >= 0.6 is 0 Å². The van der Waals surface area contributed by atoms with Crippen molar-refractivity contribution in [3.05, 3.63) is 446 Å². The number of hydrogen-bond acceptors (Lipinski definition) is 0. The van der Waals surface area contributed by atoms with Crippen molar-refractivity contribution >= 4 is 184 Å². The number of aryl methyl sites for hydroxylation is 6. The molecule has 0 radical (unpaired) electrons. The van der Waals surface area contributed by atoms with Gasteiger partial charge < -0.3 is 13.7 Å². The third kappa shape index (κ3) is 13.1. The zero-order chi connectivity index (χ0) is 80.2. The molecule has 0 unspecified atom stereocenters. The van der Waals surface area contributed by atoms with Crippen LogP contribution in [0.3, 0.4) is 0 Å². The molecule has 0 amide bonds. The average molecular weight is 1520 g/mol. The Morgan fingerprint density at radius 2 is 0.471 bits per heavy atom. The van der Waals surface area contributed by atoms with E-state index in [0.29, 0.717) is 0 Å². The minimum atomic E-state index is 1.20. The van der Waals surface area contributed by atoms with Crippen molar-refractivity contribution in [2.75, 3.05) is 0 Å². The van der Waals surface area contributed by atoms with Crippen molar-refractivity contribution in [1.29, 1.82) is 0 Å². The first-order valence-corrected chi connectivity index (χ1v) is 41.3. The van der Waals surface area contributed by atoms with Gasteiger partial charge in [0, 0.05) is 61.6 Å². The van der Waals surface area contributed by atoms with Crippen LogP contribution in [0.2, 0.25) is 0 Å². The van der Waals surface area contributed by atoms with E-state index in [2.05, 4.69) is 474 Å². The highest BCUT2D eigenvalue weighted by Gasteiger charge is 2.21. The molecule has 25 aromatic rings. The topological polar surface area (TPSA) is 14.8 Å². The maximum absolute atomic E-state index is 2.41. The molecule has 0 saturated heterocycles. The normalized spacial score (nSPS) is 11.4. The van der Waals surface area contributed by atoms with Gasteiger partial charge in [0.15, 0.2) is 0 Å². The van der Waals surface area contributed by atoms with Crippen LogP contribution in [0.15, 0.2) is 419 Å². The van der Waals surface area contributed by atoms with Crippen LogP contribution in [0.4, 0.5) is 0 Å². The molecule has 0 saturated carbocycles. The molecule has 0 spiro atoms. The quantitative estimate of drug-likeness (QED) is 0.153. The monoisotopic (exact) mass is 1520 g/mol. The minimum absolute atomic E-state index is 1.20. The molecule has 0 aliphatic heterocycles. The van der Waals surface area contributed by atoms with E-state index in [0.717, 1.165) is 0 Å². The molecule has 0 fully saturated rings. The van der Waals surface area contributed by atoms with Gasteiger partial charge >= 0.3 is 0 Å². The molecule has 0 atom stereocenters. The second kappa shape index (κ2) is 31.0. The molecule has 3 aromatic heterocycles. The first kappa shape index (κ1) is 73.0. The number of para-hydroxylation sites is 5. The second-order valence-electron chi connectivity index (χ2n) is 31.7. The largest absolute Gasteiger partial charge is 0.342 e. The minimum Gasteiger partial charge on any atom is -0.342 e. The molecule has 566 valence electrons. The Kier molecular flexibility index (Phi) is 19.0. The number of nitrogens with zero attached hydrogens (tertiary/aromatic N) is 3. The highest BCUT2D eigenvalue weighted by atomic mass is 15.0. The van der Waals surface area contributed by atoms with E-state index in [1.165, 1.54) is 223 Å². The lowest BCUT2D eigenvalue weighted by atomic mass is 9.92. The molecule has 0 bridgehead atoms. The number of hydrogen-bond donors (Lipinski definition) is 0. The molecule has 0 N–H and O–H groups in total. The Balaban J connectivity index is 0.0000000926. The summed E-state index contributed by atoms with van der Waals surface area (Å²) in [7, 11) is 2.18. The number of rotatable bonds is 2. The van der Waals surface area contributed by atoms with Crippen LogP contribution in [0.25, 0.3) is 195 Å². The molecular weight excluding hydrogens is 1440 g/mol. The highest BCUT2D eigenvalue weighted by molar-refractivity contribution is 6.28. The van der Waals surface area contributed by atoms with Gasteiger partial charge in [-0.2, -0.15) is 0 Å². The third-order valence-electron chi connectivity index (χ3n) is 24.3. The fraction of sp³-hybridized carbons (Fsp3) is 0.0517. The number of fused-ring (bicyclic) bond motifs is 30. The van der Waals surface area contributed by atoms with Gasteiger partial charge in [0.2, 0.25) is 0 Å². The average Bonchev–Trinajstić information content (AvgIpc) is 1.49. The Labute approximate surface area is 692 Å². The van der Waals surface area contributed by atoms with Crippen LogP contribution in [-0.4, -0.2) is 13.7 Å². The summed E-state index contributed by atoms with van der Waals surface area (Å²) in [6.45, 7) is 10.8. The van der Waals surface area contributed by atoms with E-state index in [1.807, 2.05) is 0 Å². The zero-order valence-electron chi connectivity index (χ0n) is 67.7. The fourth-order valence-electron chi connectivity index (χ4n) is 18.8. The first-order valence-electron chi connectivity index (χ1n) is 41.3. The molecule has 0 aliphatic rings. The Morgan fingerprint density at radius 1 is 0.160 bits per heavy atom. The summed E-state index contributed by atoms with van der Waals surface area (Å²) in [4.78, 5) is 0. The summed E-state index contributed by atoms with van der Waals surface area (Å²) in [5.41, 5.74) is 16.7. The first-order chi connectivity index (χ1) is 58.6. The molecule has 25 rings (SSSR count). The smallest absolute Gasteiger partial charge is 0.0785 e. The number of aromatic nitrogens is 3. The fourth-order valence-corrected chi connectivity index (χ4v) is 18.8. The van der Waals surface area contributed by atoms with Crippen LogP contribution in [0, 0.1) is 34.6 Å². The van der Waals surface area contributed by atoms with Crippen molar-refractivity contribution in [2.45, 2.75) is 34.6 Å². The standard InChI is InChI=1S/C25H18N2.C23H17N.2C19H14.2C15H12/c1-26-22-13-7-5-11-18(22)20-15-16-21-19-12-6-8-14-23(19)27(25(21)24(20)26)17-9-3-2-4-10-17;1-16-15-21-19-12-7-8-14-22(19)24(17-9-3-2-4-10-17)23(21)20-13-6-5-11-18(16)20;1-13-7-6-12-18-16-9-3-2-8-14(16)15-10-4-5-11-17(15)19(13)18;1-13-10-11-18-16-8-3-2-6-14(16)15-7-4-5-9-17(15)19(18)12-13;1-11-6-9-15-13(10-11)8-7-12-4-2-3-5-14(12)15;1-11-6-7-13-9-8-12-4-2-3-5-14(12)15(13)10-11/h2-16H,1H3;2-15H,1H3;2*2-12H,1H3;2*2-10H,1H3. The third-order valence-corrected chi connectivity index (χ3v) is 24.3. The maximum Gasteiger partial charge on any atom is 0.0785 e. The summed E-state index contributed by atoms with van der Waals surface area (Å²) in [6, 6.07) is 150. The lowest BCUT2D eigenvalue weighted by Gasteiger charge is -2.11. The van der Waals surface area contributed by atoms with Crippen LogP contribution < -0.4 is 0 Å². The lowest BCUT2D eigenvalue weighted by Crippen LogP contribution is -1.96. The van der Waals surface area contributed by atoms with Crippen LogP contribution in [0.1, 0.15) is 27.8 Å². The predicted octanol–water partition coefficient (Wildman–Crippen LogP) is 32.2. The summed E-state index contributed by atoms with van der Waals surface area (Å²) in [6.07, 6.45) is 0. The Hall–Kier alpha value is -14.9. The van der Waals surface area contributed by atoms with Crippen molar-refractivity contribution in [1.82, 2.24) is 13.7 Å². The molecule has 3 heteroatoms.